The zero-order chi connectivity index (χ0) is 58.3. The maximum absolute atomic E-state index is 15.0. The molecule has 8 amide bonds. The lowest BCUT2D eigenvalue weighted by molar-refractivity contribution is -0.137. The SMILES string of the molecule is CCCCN1C(=O)C(=C2N=C(c3c(O)n(CCCC)c(=O)n(CCCC)c3=O)c3cc4c(cc32)C(c2c(O)n(CCCC)c(=O)n(CCCC)c2=O)=NC4=C2C(=O)N(CCCC)C(=O)N(CCCC)C2=O)C(=O)N(CCCC)C1=O. The third kappa shape index (κ3) is 10.8. The number of aromatic hydroxyl groups is 2. The zero-order valence-corrected chi connectivity index (χ0v) is 47.6. The molecule has 4 aliphatic rings. The minimum Gasteiger partial charge on any atom is -0.494 e. The highest BCUT2D eigenvalue weighted by atomic mass is 16.3. The van der Waals surface area contributed by atoms with Crippen LogP contribution in [-0.4, -0.2) is 121 Å². The van der Waals surface area contributed by atoms with E-state index in [-0.39, 0.29) is 97.4 Å². The number of amides is 8. The summed E-state index contributed by atoms with van der Waals surface area (Å²) in [6.07, 6.45) is 7.77. The van der Waals surface area contributed by atoms with Gasteiger partial charge in [0.25, 0.3) is 34.7 Å². The fourth-order valence-electron chi connectivity index (χ4n) is 10.3. The van der Waals surface area contributed by atoms with Crippen LogP contribution in [0.25, 0.3) is 11.4 Å². The average molecular weight is 1110 g/mol. The number of nitrogens with zero attached hydrogens (tertiary/aromatic N) is 10. The maximum atomic E-state index is 15.0. The van der Waals surface area contributed by atoms with Gasteiger partial charge in [-0.15, -0.1) is 0 Å². The first-order chi connectivity index (χ1) is 38.5. The largest absolute Gasteiger partial charge is 0.494 e. The van der Waals surface area contributed by atoms with Crippen molar-refractivity contribution in [1.82, 2.24) is 37.9 Å². The molecule has 1 aromatic carbocycles. The summed E-state index contributed by atoms with van der Waals surface area (Å²) in [7, 11) is 0. The molecule has 0 saturated carbocycles. The van der Waals surface area contributed by atoms with E-state index in [0.717, 1.165) is 37.9 Å². The number of barbiturate groups is 2. The fourth-order valence-corrected chi connectivity index (χ4v) is 10.3. The van der Waals surface area contributed by atoms with Gasteiger partial charge in [0.15, 0.2) is 0 Å². The highest BCUT2D eigenvalue weighted by molar-refractivity contribution is 6.37. The van der Waals surface area contributed by atoms with Gasteiger partial charge in [-0.3, -0.25) is 66.6 Å². The van der Waals surface area contributed by atoms with E-state index in [1.54, 1.807) is 0 Å². The molecule has 22 heteroatoms. The van der Waals surface area contributed by atoms with Crippen molar-refractivity contribution in [2.75, 3.05) is 26.2 Å². The number of carbonyl (C=O) groups is 6. The normalized spacial score (nSPS) is 15.6. The molecule has 430 valence electrons. The predicted octanol–water partition coefficient (Wildman–Crippen LogP) is 6.85. The quantitative estimate of drug-likeness (QED) is 0.0617. The molecule has 0 aliphatic carbocycles. The Balaban J connectivity index is 1.71. The lowest BCUT2D eigenvalue weighted by Gasteiger charge is -2.34. The van der Waals surface area contributed by atoms with Gasteiger partial charge in [-0.05, 0) is 63.5 Å². The second kappa shape index (κ2) is 26.0. The molecule has 2 aromatic heterocycles. The van der Waals surface area contributed by atoms with E-state index >= 15 is 28.8 Å². The summed E-state index contributed by atoms with van der Waals surface area (Å²) in [5.41, 5.74) is -7.12. The summed E-state index contributed by atoms with van der Waals surface area (Å²) < 4.78 is 4.10. The van der Waals surface area contributed by atoms with Crippen molar-refractivity contribution in [2.45, 2.75) is 184 Å². The second-order valence-electron chi connectivity index (χ2n) is 20.7. The van der Waals surface area contributed by atoms with Gasteiger partial charge in [-0.25, -0.2) is 29.2 Å². The number of rotatable bonds is 26. The van der Waals surface area contributed by atoms with Crippen molar-refractivity contribution in [3.05, 3.63) is 98.3 Å². The van der Waals surface area contributed by atoms with Crippen LogP contribution in [0.5, 0.6) is 11.8 Å². The van der Waals surface area contributed by atoms with Crippen LogP contribution in [0, 0.1) is 0 Å². The van der Waals surface area contributed by atoms with Gasteiger partial charge < -0.3 is 10.2 Å². The van der Waals surface area contributed by atoms with Crippen molar-refractivity contribution < 1.29 is 39.0 Å². The van der Waals surface area contributed by atoms with Crippen LogP contribution in [0.1, 0.15) is 192 Å². The molecule has 6 heterocycles. The smallest absolute Gasteiger partial charge is 0.333 e. The van der Waals surface area contributed by atoms with E-state index in [9.17, 15) is 29.4 Å². The molecule has 0 atom stereocenters. The summed E-state index contributed by atoms with van der Waals surface area (Å²) in [4.78, 5) is 160. The van der Waals surface area contributed by atoms with E-state index in [0.29, 0.717) is 103 Å². The Hall–Kier alpha value is -7.78. The Bertz CT molecular complexity index is 3100. The number of benzene rings is 1. The highest BCUT2D eigenvalue weighted by Crippen LogP contribution is 2.44. The Labute approximate surface area is 464 Å². The van der Waals surface area contributed by atoms with Crippen LogP contribution in [0.4, 0.5) is 9.59 Å². The van der Waals surface area contributed by atoms with E-state index < -0.39 is 92.2 Å². The summed E-state index contributed by atoms with van der Waals surface area (Å²) in [5, 5.41) is 24.6. The third-order valence-corrected chi connectivity index (χ3v) is 15.0. The van der Waals surface area contributed by atoms with Gasteiger partial charge in [0.1, 0.15) is 22.3 Å². The molecule has 4 aliphatic heterocycles. The van der Waals surface area contributed by atoms with Gasteiger partial charge in [0.2, 0.25) is 11.8 Å². The van der Waals surface area contributed by atoms with E-state index in [1.807, 2.05) is 55.4 Å². The number of urea groups is 2. The topological polar surface area (TPSA) is 269 Å². The summed E-state index contributed by atoms with van der Waals surface area (Å²) in [5.74, 6) is -5.51. The molecule has 7 rings (SSSR count). The van der Waals surface area contributed by atoms with E-state index in [2.05, 4.69) is 0 Å². The molecular formula is C58H76N10O12. The zero-order valence-electron chi connectivity index (χ0n) is 47.6. The monoisotopic (exact) mass is 1100 g/mol. The molecule has 2 fully saturated rings. The fraction of sp³-hybridized carbons (Fsp3) is 0.552. The van der Waals surface area contributed by atoms with Gasteiger partial charge in [-0.2, -0.15) is 0 Å². The number of fused-ring (bicyclic) bond motifs is 2. The number of hydrogen-bond donors (Lipinski definition) is 2. The summed E-state index contributed by atoms with van der Waals surface area (Å²) >= 11 is 0. The van der Waals surface area contributed by atoms with Crippen LogP contribution in [0.3, 0.4) is 0 Å². The van der Waals surface area contributed by atoms with Gasteiger partial charge in [0.05, 0.1) is 22.8 Å². The molecule has 3 aromatic rings. The molecule has 0 bridgehead atoms. The minimum atomic E-state index is -0.997. The molecular weight excluding hydrogens is 1030 g/mol. The number of unbranched alkanes of at least 4 members (excludes halogenated alkanes) is 8. The number of aromatic nitrogens is 4. The Morgan fingerprint density at radius 3 is 0.863 bits per heavy atom. The van der Waals surface area contributed by atoms with Crippen LogP contribution >= 0.6 is 0 Å². The Morgan fingerprint density at radius 2 is 0.600 bits per heavy atom. The van der Waals surface area contributed by atoms with Crippen molar-refractivity contribution in [3.8, 4) is 11.8 Å². The number of imide groups is 4. The van der Waals surface area contributed by atoms with Gasteiger partial charge in [0, 0.05) is 74.6 Å². The van der Waals surface area contributed by atoms with Crippen LogP contribution < -0.4 is 22.5 Å². The lowest BCUT2D eigenvalue weighted by atomic mass is 9.89. The highest BCUT2D eigenvalue weighted by Gasteiger charge is 2.48. The molecule has 0 radical (unpaired) electrons. The second-order valence-corrected chi connectivity index (χ2v) is 20.7. The number of aliphatic imine (C=N–C) groups is 2. The first-order valence-corrected chi connectivity index (χ1v) is 28.8. The summed E-state index contributed by atoms with van der Waals surface area (Å²) in [6.45, 7) is 14.6. The molecule has 2 N–H and O–H groups in total. The van der Waals surface area contributed by atoms with Crippen molar-refractivity contribution in [1.29, 1.82) is 0 Å². The first-order valence-electron chi connectivity index (χ1n) is 28.8. The third-order valence-electron chi connectivity index (χ3n) is 15.0. The minimum absolute atomic E-state index is 0.0180. The van der Waals surface area contributed by atoms with Crippen LogP contribution in [-0.2, 0) is 45.4 Å². The number of hydrogen-bond acceptors (Lipinski definition) is 14. The van der Waals surface area contributed by atoms with Crippen LogP contribution in [0.15, 0.2) is 52.4 Å². The van der Waals surface area contributed by atoms with Gasteiger partial charge >= 0.3 is 23.4 Å². The Morgan fingerprint density at radius 1 is 0.350 bits per heavy atom. The Kier molecular flexibility index (Phi) is 19.5. The van der Waals surface area contributed by atoms with Gasteiger partial charge in [-0.1, -0.05) is 107 Å². The number of carbonyl (C=O) groups excluding carboxylic acids is 6. The van der Waals surface area contributed by atoms with Crippen LogP contribution in [0.2, 0.25) is 0 Å². The molecule has 80 heavy (non-hydrogen) atoms. The van der Waals surface area contributed by atoms with Crippen molar-refractivity contribution in [2.24, 2.45) is 9.98 Å². The first kappa shape index (κ1) is 59.9. The molecule has 0 spiro atoms. The maximum Gasteiger partial charge on any atom is 0.333 e. The summed E-state index contributed by atoms with van der Waals surface area (Å²) in [6, 6.07) is 1.12. The van der Waals surface area contributed by atoms with E-state index in [4.69, 9.17) is 9.98 Å². The van der Waals surface area contributed by atoms with E-state index in [1.165, 1.54) is 12.1 Å². The predicted molar refractivity (Wildman–Crippen MR) is 302 cm³/mol. The molecule has 2 saturated heterocycles. The van der Waals surface area contributed by atoms with Crippen molar-refractivity contribution in [3.63, 3.8) is 0 Å². The molecule has 22 nitrogen and oxygen atoms in total. The van der Waals surface area contributed by atoms with Crippen molar-refractivity contribution >= 4 is 58.5 Å². The molecule has 0 unspecified atom stereocenters. The average Bonchev–Trinajstić information content (AvgIpc) is 3.97. The standard InChI is InChI=1S/C58H76N10O12/c1-9-17-25-61-47(69)39(48(70)62(55(61)77)26-18-10-2)43-35-33-37-38(34-36(35)44(59-43)40-49(71)63(27-19-11-3)56(78)64(50(40)72)28-20-12-4)46(42-53(75)67(31-23-15-7)58(80)68(54(42)76)32-24-16-8)60-45(37)41-51(73)65(29-21-13-5)57(79)66(52(41)74)30-22-14-6/h33-34,69,75H,9-32H2,1-8H3. The lowest BCUT2D eigenvalue weighted by Crippen LogP contribution is -2.57.